The summed E-state index contributed by atoms with van der Waals surface area (Å²) in [4.78, 5) is 18.5. The van der Waals surface area contributed by atoms with Crippen molar-refractivity contribution in [3.8, 4) is 10.7 Å². The molecule has 0 saturated carbocycles. The largest absolute Gasteiger partial charge is 0.329 e. The van der Waals surface area contributed by atoms with Gasteiger partial charge in [-0.05, 0) is 19.1 Å². The van der Waals surface area contributed by atoms with E-state index in [1.807, 2.05) is 19.1 Å². The lowest BCUT2D eigenvalue weighted by Gasteiger charge is -1.96. The summed E-state index contributed by atoms with van der Waals surface area (Å²) in [5.74, 6) is 0.249. The molecular weight excluding hydrogens is 322 g/mol. The lowest BCUT2D eigenvalue weighted by atomic mass is 10.4. The van der Waals surface area contributed by atoms with E-state index in [0.717, 1.165) is 16.4 Å². The molecule has 22 heavy (non-hydrogen) atoms. The molecule has 0 fully saturated rings. The van der Waals surface area contributed by atoms with Gasteiger partial charge < -0.3 is 5.73 Å². The van der Waals surface area contributed by atoms with Gasteiger partial charge in [-0.15, -0.1) is 16.4 Å². The molecule has 10 heteroatoms. The molecule has 3 rings (SSSR count). The molecule has 0 atom stereocenters. The first-order valence-corrected chi connectivity index (χ1v) is 8.07. The Morgan fingerprint density at radius 2 is 2.32 bits per heavy atom. The van der Waals surface area contributed by atoms with Gasteiger partial charge in [0.1, 0.15) is 0 Å². The zero-order valence-corrected chi connectivity index (χ0v) is 13.3. The Balaban J connectivity index is 1.70. The van der Waals surface area contributed by atoms with Crippen molar-refractivity contribution >= 4 is 33.9 Å². The van der Waals surface area contributed by atoms with E-state index in [4.69, 9.17) is 5.73 Å². The van der Waals surface area contributed by atoms with Gasteiger partial charge >= 0.3 is 0 Å². The molecule has 3 aromatic heterocycles. The van der Waals surface area contributed by atoms with Crippen molar-refractivity contribution in [2.45, 2.75) is 13.5 Å². The van der Waals surface area contributed by atoms with Gasteiger partial charge in [-0.25, -0.2) is 0 Å². The van der Waals surface area contributed by atoms with Gasteiger partial charge in [0.15, 0.2) is 11.5 Å². The number of nitrogens with two attached hydrogens (primary N) is 1. The van der Waals surface area contributed by atoms with Crippen LogP contribution in [0.4, 0.5) is 5.13 Å². The number of aromatic nitrogens is 5. The third-order valence-electron chi connectivity index (χ3n) is 2.74. The Hall–Kier alpha value is -2.17. The fourth-order valence-corrected chi connectivity index (χ4v) is 3.17. The first-order chi connectivity index (χ1) is 10.7. The Bertz CT molecular complexity index is 791. The number of thiophene rings is 1. The number of anilines is 1. The number of nitrogens with zero attached hydrogens (tertiary/aromatic N) is 5. The number of amides is 1. The van der Waals surface area contributed by atoms with Crippen molar-refractivity contribution in [1.82, 2.24) is 24.4 Å². The van der Waals surface area contributed by atoms with Crippen LogP contribution in [0.25, 0.3) is 10.7 Å². The molecule has 0 aliphatic rings. The summed E-state index contributed by atoms with van der Waals surface area (Å²) in [6.07, 6.45) is 1.55. The fraction of sp³-hybridized carbons (Fsp3) is 0.250. The molecule has 3 heterocycles. The summed E-state index contributed by atoms with van der Waals surface area (Å²) < 4.78 is 5.77. The maximum absolute atomic E-state index is 12.1. The fourth-order valence-electron chi connectivity index (χ4n) is 1.73. The highest BCUT2D eigenvalue weighted by Crippen LogP contribution is 2.27. The highest BCUT2D eigenvalue weighted by Gasteiger charge is 2.14. The molecule has 3 aromatic rings. The minimum Gasteiger partial charge on any atom is -0.329 e. The summed E-state index contributed by atoms with van der Waals surface area (Å²) in [5.41, 5.74) is 5.64. The molecule has 0 radical (unpaired) electrons. The number of carbonyl (C=O) groups is 1. The summed E-state index contributed by atoms with van der Waals surface area (Å²) in [7, 11) is 0. The van der Waals surface area contributed by atoms with Crippen LogP contribution in [0.2, 0.25) is 0 Å². The molecule has 3 N–H and O–H groups in total. The molecule has 0 spiro atoms. The van der Waals surface area contributed by atoms with Crippen LogP contribution in [0.15, 0.2) is 18.3 Å². The number of hydrogen-bond donors (Lipinski definition) is 2. The van der Waals surface area contributed by atoms with Crippen molar-refractivity contribution in [2.24, 2.45) is 5.73 Å². The smallest absolute Gasteiger partial charge is 0.279 e. The van der Waals surface area contributed by atoms with Crippen LogP contribution < -0.4 is 11.1 Å². The van der Waals surface area contributed by atoms with Crippen molar-refractivity contribution in [1.29, 1.82) is 0 Å². The zero-order valence-electron chi connectivity index (χ0n) is 11.7. The maximum Gasteiger partial charge on any atom is 0.279 e. The van der Waals surface area contributed by atoms with Gasteiger partial charge in [0.05, 0.1) is 17.6 Å². The normalized spacial score (nSPS) is 10.8. The Labute approximate surface area is 134 Å². The third-order valence-corrected chi connectivity index (χ3v) is 4.36. The van der Waals surface area contributed by atoms with Crippen molar-refractivity contribution in [3.05, 3.63) is 28.9 Å². The Kier molecular flexibility index (Phi) is 4.22. The molecule has 0 aliphatic heterocycles. The monoisotopic (exact) mass is 335 g/mol. The first kappa shape index (κ1) is 14.8. The average molecular weight is 335 g/mol. The van der Waals surface area contributed by atoms with Gasteiger partial charge in [-0.3, -0.25) is 14.8 Å². The number of rotatable bonds is 5. The van der Waals surface area contributed by atoms with Crippen molar-refractivity contribution in [2.75, 3.05) is 11.9 Å². The second kappa shape index (κ2) is 6.30. The van der Waals surface area contributed by atoms with Crippen LogP contribution >= 0.6 is 22.9 Å². The van der Waals surface area contributed by atoms with Gasteiger partial charge in [0.2, 0.25) is 5.13 Å². The predicted octanol–water partition coefficient (Wildman–Crippen LogP) is 1.38. The van der Waals surface area contributed by atoms with Gasteiger partial charge in [0, 0.05) is 23.0 Å². The number of aryl methyl sites for hydroxylation is 1. The molecule has 1 amide bonds. The first-order valence-electron chi connectivity index (χ1n) is 6.48. The molecule has 0 unspecified atom stereocenters. The highest BCUT2D eigenvalue weighted by atomic mass is 32.1. The van der Waals surface area contributed by atoms with Crippen LogP contribution in [0.5, 0.6) is 0 Å². The highest BCUT2D eigenvalue weighted by molar-refractivity contribution is 7.15. The van der Waals surface area contributed by atoms with Crippen molar-refractivity contribution < 1.29 is 4.79 Å². The van der Waals surface area contributed by atoms with Gasteiger partial charge in [0.25, 0.3) is 5.91 Å². The average Bonchev–Trinajstić information content (AvgIpc) is 3.19. The van der Waals surface area contributed by atoms with Gasteiger partial charge in [-0.1, -0.05) is 5.21 Å². The number of carbonyl (C=O) groups excluding carboxylic acids is 1. The minimum absolute atomic E-state index is 0.220. The molecular formula is C12H13N7OS2. The molecule has 0 aliphatic carbocycles. The quantitative estimate of drug-likeness (QED) is 0.728. The van der Waals surface area contributed by atoms with E-state index in [-0.39, 0.29) is 11.6 Å². The number of hydrogen-bond acceptors (Lipinski definition) is 8. The summed E-state index contributed by atoms with van der Waals surface area (Å²) >= 11 is 2.74. The van der Waals surface area contributed by atoms with Crippen molar-refractivity contribution in [3.63, 3.8) is 0 Å². The van der Waals surface area contributed by atoms with E-state index in [9.17, 15) is 4.79 Å². The summed E-state index contributed by atoms with van der Waals surface area (Å²) in [6, 6.07) is 3.97. The summed E-state index contributed by atoms with van der Waals surface area (Å²) in [6.45, 7) is 2.97. The molecule has 0 aromatic carbocycles. The van der Waals surface area contributed by atoms with Gasteiger partial charge in [-0.2, -0.15) is 9.36 Å². The molecule has 0 saturated heterocycles. The van der Waals surface area contributed by atoms with E-state index in [1.54, 1.807) is 17.5 Å². The van der Waals surface area contributed by atoms with Crippen LogP contribution in [0.1, 0.15) is 15.4 Å². The summed E-state index contributed by atoms with van der Waals surface area (Å²) in [5, 5.41) is 10.7. The number of nitrogens with one attached hydrogen (secondary N) is 1. The van der Waals surface area contributed by atoms with E-state index in [2.05, 4.69) is 25.0 Å². The van der Waals surface area contributed by atoms with Crippen LogP contribution in [0, 0.1) is 6.92 Å². The predicted molar refractivity (Wildman–Crippen MR) is 85.0 cm³/mol. The second-order valence-electron chi connectivity index (χ2n) is 4.44. The van der Waals surface area contributed by atoms with E-state index in [1.165, 1.54) is 9.56 Å². The van der Waals surface area contributed by atoms with E-state index < -0.39 is 0 Å². The molecule has 8 nitrogen and oxygen atoms in total. The lowest BCUT2D eigenvalue weighted by Crippen LogP contribution is -2.12. The zero-order chi connectivity index (χ0) is 15.5. The minimum atomic E-state index is -0.367. The molecule has 114 valence electrons. The van der Waals surface area contributed by atoms with Crippen LogP contribution in [0.3, 0.4) is 0 Å². The van der Waals surface area contributed by atoms with E-state index in [0.29, 0.717) is 24.0 Å². The lowest BCUT2D eigenvalue weighted by molar-refractivity contribution is 0.102. The second-order valence-corrected chi connectivity index (χ2v) is 6.48. The van der Waals surface area contributed by atoms with Crippen LogP contribution in [-0.2, 0) is 6.54 Å². The standard InChI is InChI=1S/C12H13N7OS2/c1-7-2-3-9(21-7)10-14-12(22-17-10)15-11(20)8-6-19(5-4-13)18-16-8/h2-3,6H,4-5,13H2,1H3,(H,14,15,17,20). The Morgan fingerprint density at radius 3 is 3.05 bits per heavy atom. The molecule has 0 bridgehead atoms. The Morgan fingerprint density at radius 1 is 1.45 bits per heavy atom. The maximum atomic E-state index is 12.1. The SMILES string of the molecule is Cc1ccc(-c2nsc(NC(=O)c3cn(CCN)nn3)n2)s1. The topological polar surface area (TPSA) is 112 Å². The van der Waals surface area contributed by atoms with E-state index >= 15 is 0 Å². The third kappa shape index (κ3) is 3.18. The van der Waals surface area contributed by atoms with Crippen LogP contribution in [-0.4, -0.2) is 36.8 Å².